The van der Waals surface area contributed by atoms with Crippen LogP contribution >= 0.6 is 11.6 Å². The molecule has 0 aliphatic carbocycles. The van der Waals surface area contributed by atoms with Crippen LogP contribution in [0.3, 0.4) is 0 Å². The smallest absolute Gasteiger partial charge is 0.251 e. The van der Waals surface area contributed by atoms with Crippen molar-refractivity contribution in [2.45, 2.75) is 72.6 Å². The second-order valence-electron chi connectivity index (χ2n) is 8.44. The zero-order valence-electron chi connectivity index (χ0n) is 19.0. The number of hydrogen-bond acceptors (Lipinski definition) is 2. The predicted molar refractivity (Wildman–Crippen MR) is 122 cm³/mol. The zero-order chi connectivity index (χ0) is 22.5. The Morgan fingerprint density at radius 3 is 2.30 bits per heavy atom. The number of nitrogens with one attached hydrogen (secondary N) is 1. The summed E-state index contributed by atoms with van der Waals surface area (Å²) in [6.45, 7) is 11.1. The minimum atomic E-state index is -0.488. The van der Waals surface area contributed by atoms with Gasteiger partial charge in [-0.15, -0.1) is 0 Å². The predicted octanol–water partition coefficient (Wildman–Crippen LogP) is 6.08. The second-order valence-corrected chi connectivity index (χ2v) is 8.87. The first kappa shape index (κ1) is 26.4. The van der Waals surface area contributed by atoms with E-state index in [-0.39, 0.29) is 16.5 Å². The molecular weight excluding hydrogens is 403 g/mol. The Kier molecular flexibility index (Phi) is 12.7. The van der Waals surface area contributed by atoms with E-state index in [0.29, 0.717) is 30.7 Å². The van der Waals surface area contributed by atoms with Gasteiger partial charge in [0.2, 0.25) is 5.91 Å². The summed E-state index contributed by atoms with van der Waals surface area (Å²) in [4.78, 5) is 24.9. The van der Waals surface area contributed by atoms with Crippen molar-refractivity contribution in [2.24, 2.45) is 11.8 Å². The molecule has 1 N–H and O–H groups in total. The van der Waals surface area contributed by atoms with Crippen LogP contribution in [0.5, 0.6) is 0 Å². The van der Waals surface area contributed by atoms with Crippen LogP contribution in [-0.4, -0.2) is 36.3 Å². The van der Waals surface area contributed by atoms with Crippen molar-refractivity contribution >= 4 is 23.4 Å². The molecule has 1 atom stereocenters. The highest BCUT2D eigenvalue weighted by Gasteiger charge is 2.15. The van der Waals surface area contributed by atoms with E-state index in [0.717, 1.165) is 38.8 Å². The van der Waals surface area contributed by atoms with Gasteiger partial charge in [-0.05, 0) is 55.7 Å². The summed E-state index contributed by atoms with van der Waals surface area (Å²) in [5.41, 5.74) is 0.277. The number of rotatable bonds is 9. The molecule has 0 saturated carbocycles. The van der Waals surface area contributed by atoms with E-state index in [4.69, 9.17) is 11.6 Å². The van der Waals surface area contributed by atoms with Crippen molar-refractivity contribution in [1.29, 1.82) is 0 Å². The number of carbonyl (C=O) groups excluding carboxylic acids is 2. The van der Waals surface area contributed by atoms with E-state index in [9.17, 15) is 14.0 Å². The van der Waals surface area contributed by atoms with Crippen LogP contribution in [0, 0.1) is 17.7 Å². The maximum Gasteiger partial charge on any atom is 0.251 e. The van der Waals surface area contributed by atoms with E-state index in [1.807, 2.05) is 11.8 Å². The fourth-order valence-electron chi connectivity index (χ4n) is 3.54. The zero-order valence-corrected chi connectivity index (χ0v) is 19.7. The first-order valence-corrected chi connectivity index (χ1v) is 11.7. The third kappa shape index (κ3) is 10.4. The Labute approximate surface area is 186 Å². The highest BCUT2D eigenvalue weighted by molar-refractivity contribution is 6.31. The summed E-state index contributed by atoms with van der Waals surface area (Å²) >= 11 is 5.77. The molecule has 1 aliphatic heterocycles. The Balaban J connectivity index is 0.000000414. The van der Waals surface area contributed by atoms with Gasteiger partial charge in [0.25, 0.3) is 5.91 Å². The minimum absolute atomic E-state index is 0.241. The summed E-state index contributed by atoms with van der Waals surface area (Å²) in [5, 5.41) is 3.14. The molecule has 170 valence electrons. The number of benzene rings is 1. The van der Waals surface area contributed by atoms with Gasteiger partial charge >= 0.3 is 0 Å². The average Bonchev–Trinajstić information content (AvgIpc) is 3.23. The Morgan fingerprint density at radius 2 is 1.77 bits per heavy atom. The topological polar surface area (TPSA) is 49.4 Å². The standard InChI is InChI=1S/C17H25ClFNO.C7H13NO/c1-4-5-13(7-6-12(2)3)11-20-17(21)14-8-15(18)10-16(19)9-14;1-2-7(9)8-5-3-4-6-8/h8-10,12-13H,4-7,11H2,1-3H3,(H,20,21);2-6H2,1H3. The Hall–Kier alpha value is -1.62. The maximum absolute atomic E-state index is 13.3. The third-order valence-electron chi connectivity index (χ3n) is 5.29. The van der Waals surface area contributed by atoms with E-state index in [1.165, 1.54) is 31.0 Å². The first-order chi connectivity index (χ1) is 14.3. The fraction of sp³-hybridized carbons (Fsp3) is 0.667. The molecule has 30 heavy (non-hydrogen) atoms. The summed E-state index contributed by atoms with van der Waals surface area (Å²) in [7, 11) is 0. The van der Waals surface area contributed by atoms with Crippen molar-refractivity contribution in [2.75, 3.05) is 19.6 Å². The first-order valence-electron chi connectivity index (χ1n) is 11.3. The Morgan fingerprint density at radius 1 is 1.10 bits per heavy atom. The molecule has 0 radical (unpaired) electrons. The lowest BCUT2D eigenvalue weighted by Crippen LogP contribution is -2.29. The third-order valence-corrected chi connectivity index (χ3v) is 5.50. The summed E-state index contributed by atoms with van der Waals surface area (Å²) < 4.78 is 13.3. The summed E-state index contributed by atoms with van der Waals surface area (Å²) in [6.07, 6.45) is 7.53. The SMILES string of the molecule is CCC(=O)N1CCCC1.CCCC(CCC(C)C)CNC(=O)c1cc(F)cc(Cl)c1. The molecule has 4 nitrogen and oxygen atoms in total. The van der Waals surface area contributed by atoms with Gasteiger partial charge in [-0.1, -0.05) is 52.1 Å². The van der Waals surface area contributed by atoms with E-state index < -0.39 is 5.82 Å². The van der Waals surface area contributed by atoms with Crippen LogP contribution in [-0.2, 0) is 4.79 Å². The summed E-state index contributed by atoms with van der Waals surface area (Å²) in [6, 6.07) is 3.90. The molecule has 1 heterocycles. The fourth-order valence-corrected chi connectivity index (χ4v) is 3.76. The quantitative estimate of drug-likeness (QED) is 0.505. The molecule has 0 aromatic heterocycles. The van der Waals surface area contributed by atoms with Gasteiger partial charge in [-0.3, -0.25) is 9.59 Å². The lowest BCUT2D eigenvalue weighted by atomic mass is 9.94. The molecule has 2 amide bonds. The van der Waals surface area contributed by atoms with Crippen LogP contribution in [0.15, 0.2) is 18.2 Å². The van der Waals surface area contributed by atoms with Crippen molar-refractivity contribution in [1.82, 2.24) is 10.2 Å². The Bertz CT molecular complexity index is 640. The molecule has 2 rings (SSSR count). The molecule has 1 aromatic carbocycles. The maximum atomic E-state index is 13.3. The van der Waals surface area contributed by atoms with Crippen LogP contribution in [0.1, 0.15) is 83.0 Å². The van der Waals surface area contributed by atoms with Crippen molar-refractivity contribution in [3.05, 3.63) is 34.6 Å². The minimum Gasteiger partial charge on any atom is -0.352 e. The van der Waals surface area contributed by atoms with Gasteiger partial charge in [0, 0.05) is 36.6 Å². The molecule has 1 saturated heterocycles. The lowest BCUT2D eigenvalue weighted by molar-refractivity contribution is -0.129. The largest absolute Gasteiger partial charge is 0.352 e. The van der Waals surface area contributed by atoms with Gasteiger partial charge in [0.1, 0.15) is 5.82 Å². The molecule has 1 aromatic rings. The van der Waals surface area contributed by atoms with Crippen LogP contribution in [0.25, 0.3) is 0 Å². The molecule has 1 aliphatic rings. The van der Waals surface area contributed by atoms with Gasteiger partial charge in [-0.2, -0.15) is 0 Å². The van der Waals surface area contributed by atoms with Gasteiger partial charge < -0.3 is 10.2 Å². The van der Waals surface area contributed by atoms with Gasteiger partial charge in [-0.25, -0.2) is 4.39 Å². The molecule has 1 fully saturated rings. The van der Waals surface area contributed by atoms with E-state index in [1.54, 1.807) is 0 Å². The van der Waals surface area contributed by atoms with Gasteiger partial charge in [0.05, 0.1) is 0 Å². The monoisotopic (exact) mass is 440 g/mol. The van der Waals surface area contributed by atoms with Crippen molar-refractivity contribution < 1.29 is 14.0 Å². The highest BCUT2D eigenvalue weighted by atomic mass is 35.5. The van der Waals surface area contributed by atoms with Crippen LogP contribution in [0.2, 0.25) is 5.02 Å². The van der Waals surface area contributed by atoms with E-state index in [2.05, 4.69) is 26.1 Å². The molecule has 6 heteroatoms. The molecule has 0 spiro atoms. The normalized spacial score (nSPS) is 14.3. The molecule has 0 bridgehead atoms. The number of nitrogens with zero attached hydrogens (tertiary/aromatic N) is 1. The molecular formula is C24H38ClFN2O2. The highest BCUT2D eigenvalue weighted by Crippen LogP contribution is 2.18. The number of likely N-dealkylation sites (tertiary alicyclic amines) is 1. The number of halogens is 2. The lowest BCUT2D eigenvalue weighted by Gasteiger charge is -2.18. The number of hydrogen-bond donors (Lipinski definition) is 1. The average molecular weight is 441 g/mol. The van der Waals surface area contributed by atoms with Gasteiger partial charge in [0.15, 0.2) is 0 Å². The second kappa shape index (κ2) is 14.4. The van der Waals surface area contributed by atoms with Crippen molar-refractivity contribution in [3.8, 4) is 0 Å². The number of carbonyl (C=O) groups is 2. The van der Waals surface area contributed by atoms with E-state index >= 15 is 0 Å². The van der Waals surface area contributed by atoms with Crippen molar-refractivity contribution in [3.63, 3.8) is 0 Å². The van der Waals surface area contributed by atoms with Crippen LogP contribution < -0.4 is 5.32 Å². The summed E-state index contributed by atoms with van der Waals surface area (Å²) in [5.74, 6) is 0.708. The molecule has 1 unspecified atom stereocenters. The number of amides is 2. The van der Waals surface area contributed by atoms with Crippen LogP contribution in [0.4, 0.5) is 4.39 Å².